The smallest absolute Gasteiger partial charge is 0.202 e. The molecule has 0 atom stereocenters. The van der Waals surface area contributed by atoms with Crippen LogP contribution in [0.5, 0.6) is 0 Å². The summed E-state index contributed by atoms with van der Waals surface area (Å²) in [5, 5.41) is 0. The maximum Gasteiger partial charge on any atom is 0.202 e. The van der Waals surface area contributed by atoms with E-state index in [0.29, 0.717) is 16.2 Å². The minimum absolute atomic E-state index is 0.430. The maximum atomic E-state index is 12.5. The van der Waals surface area contributed by atoms with Crippen LogP contribution in [0.4, 0.5) is 0 Å². The molecule has 0 saturated heterocycles. The van der Waals surface area contributed by atoms with Crippen LogP contribution >= 0.6 is 0 Å². The van der Waals surface area contributed by atoms with E-state index in [0.717, 1.165) is 31.2 Å². The summed E-state index contributed by atoms with van der Waals surface area (Å²) in [7, 11) is -3.26. The number of allylic oxidation sites excluding steroid dienone is 2. The van der Waals surface area contributed by atoms with Crippen LogP contribution < -0.4 is 0 Å². The van der Waals surface area contributed by atoms with Crippen molar-refractivity contribution in [1.29, 1.82) is 0 Å². The largest absolute Gasteiger partial charge is 0.219 e. The van der Waals surface area contributed by atoms with Crippen molar-refractivity contribution in [3.05, 3.63) is 40.8 Å². The third-order valence-electron chi connectivity index (χ3n) is 3.43. The fourth-order valence-electron chi connectivity index (χ4n) is 2.28. The molecule has 0 bridgehead atoms. The van der Waals surface area contributed by atoms with Gasteiger partial charge in [0.25, 0.3) is 0 Å². The van der Waals surface area contributed by atoms with Crippen molar-refractivity contribution >= 4 is 9.84 Å². The second-order valence-corrected chi connectivity index (χ2v) is 6.94. The summed E-state index contributed by atoms with van der Waals surface area (Å²) >= 11 is 0. The molecule has 1 aromatic carbocycles. The highest BCUT2D eigenvalue weighted by atomic mass is 32.2. The number of benzene rings is 1. The van der Waals surface area contributed by atoms with Crippen molar-refractivity contribution in [2.24, 2.45) is 0 Å². The van der Waals surface area contributed by atoms with Gasteiger partial charge in [-0.05, 0) is 44.7 Å². The first-order valence-corrected chi connectivity index (χ1v) is 8.10. The molecule has 1 aliphatic rings. The van der Waals surface area contributed by atoms with Crippen molar-refractivity contribution in [2.75, 3.05) is 0 Å². The summed E-state index contributed by atoms with van der Waals surface area (Å²) in [6, 6.07) is 7.14. The van der Waals surface area contributed by atoms with E-state index in [4.69, 9.17) is 0 Å². The predicted octanol–water partition coefficient (Wildman–Crippen LogP) is 4.01. The molecular formula is C15H20O2S. The normalized spacial score (nSPS) is 20.6. The highest BCUT2D eigenvalue weighted by Gasteiger charge is 2.20. The summed E-state index contributed by atoms with van der Waals surface area (Å²) in [4.78, 5) is 1.05. The molecule has 0 radical (unpaired) electrons. The van der Waals surface area contributed by atoms with Crippen LogP contribution in [0.1, 0.15) is 44.1 Å². The van der Waals surface area contributed by atoms with Gasteiger partial charge in [0.15, 0.2) is 0 Å². The molecule has 0 aliphatic heterocycles. The predicted molar refractivity (Wildman–Crippen MR) is 74.1 cm³/mol. The summed E-state index contributed by atoms with van der Waals surface area (Å²) < 4.78 is 25.0. The minimum atomic E-state index is -3.26. The van der Waals surface area contributed by atoms with Gasteiger partial charge in [-0.2, -0.15) is 0 Å². The number of sulfone groups is 1. The van der Waals surface area contributed by atoms with Gasteiger partial charge in [0.2, 0.25) is 9.84 Å². The third kappa shape index (κ3) is 3.02. The summed E-state index contributed by atoms with van der Waals surface area (Å²) in [6.07, 6.45) is 7.95. The molecule has 0 fully saturated rings. The van der Waals surface area contributed by atoms with Crippen molar-refractivity contribution in [3.63, 3.8) is 0 Å². The monoisotopic (exact) mass is 264 g/mol. The highest BCUT2D eigenvalue weighted by molar-refractivity contribution is 7.95. The zero-order valence-electron chi connectivity index (χ0n) is 10.9. The molecule has 0 N–H and O–H groups in total. The first-order chi connectivity index (χ1) is 8.60. The Balaban J connectivity index is 2.31. The first-order valence-electron chi connectivity index (χ1n) is 6.61. The van der Waals surface area contributed by atoms with E-state index in [1.54, 1.807) is 12.1 Å². The molecule has 0 spiro atoms. The molecule has 0 amide bonds. The number of hydrogen-bond donors (Lipinski definition) is 0. The zero-order valence-corrected chi connectivity index (χ0v) is 11.7. The molecule has 0 saturated carbocycles. The number of hydrogen-bond acceptors (Lipinski definition) is 2. The van der Waals surface area contributed by atoms with E-state index >= 15 is 0 Å². The van der Waals surface area contributed by atoms with Gasteiger partial charge in [-0.15, -0.1) is 0 Å². The molecule has 2 nitrogen and oxygen atoms in total. The highest BCUT2D eigenvalue weighted by Crippen LogP contribution is 2.26. The van der Waals surface area contributed by atoms with Gasteiger partial charge >= 0.3 is 0 Å². The van der Waals surface area contributed by atoms with Gasteiger partial charge in [0, 0.05) is 4.91 Å². The molecule has 1 aliphatic carbocycles. The van der Waals surface area contributed by atoms with E-state index < -0.39 is 9.84 Å². The molecular weight excluding hydrogens is 244 g/mol. The maximum absolute atomic E-state index is 12.5. The van der Waals surface area contributed by atoms with E-state index in [-0.39, 0.29) is 0 Å². The van der Waals surface area contributed by atoms with Gasteiger partial charge in [0.1, 0.15) is 0 Å². The minimum Gasteiger partial charge on any atom is -0.219 e. The van der Waals surface area contributed by atoms with Crippen LogP contribution in [-0.4, -0.2) is 8.42 Å². The lowest BCUT2D eigenvalue weighted by Gasteiger charge is -2.12. The van der Waals surface area contributed by atoms with Crippen LogP contribution in [0, 0.1) is 6.92 Å². The average molecular weight is 264 g/mol. The van der Waals surface area contributed by atoms with Crippen LogP contribution in [-0.2, 0) is 9.84 Å². The van der Waals surface area contributed by atoms with E-state index in [9.17, 15) is 8.42 Å². The Labute approximate surface area is 110 Å². The SMILES string of the molecule is Cc1ccc(S(=O)(=O)/C2=C/CCCCCC2)cc1. The summed E-state index contributed by atoms with van der Waals surface area (Å²) in [5.41, 5.74) is 1.08. The van der Waals surface area contributed by atoms with Crippen molar-refractivity contribution in [1.82, 2.24) is 0 Å². The van der Waals surface area contributed by atoms with Crippen molar-refractivity contribution in [2.45, 2.75) is 50.3 Å². The summed E-state index contributed by atoms with van der Waals surface area (Å²) in [6.45, 7) is 1.96. The van der Waals surface area contributed by atoms with Gasteiger partial charge in [0.05, 0.1) is 4.90 Å². The van der Waals surface area contributed by atoms with Crippen LogP contribution in [0.25, 0.3) is 0 Å². The van der Waals surface area contributed by atoms with E-state index in [1.165, 1.54) is 6.42 Å². The molecule has 1 aromatic rings. The molecule has 0 unspecified atom stereocenters. The lowest BCUT2D eigenvalue weighted by Crippen LogP contribution is -2.06. The van der Waals surface area contributed by atoms with Crippen molar-refractivity contribution < 1.29 is 8.42 Å². The number of rotatable bonds is 2. The second-order valence-electron chi connectivity index (χ2n) is 4.94. The van der Waals surface area contributed by atoms with Crippen LogP contribution in [0.2, 0.25) is 0 Å². The Kier molecular flexibility index (Phi) is 4.23. The average Bonchev–Trinajstić information content (AvgIpc) is 2.28. The molecule has 18 heavy (non-hydrogen) atoms. The Morgan fingerprint density at radius 1 is 0.944 bits per heavy atom. The van der Waals surface area contributed by atoms with E-state index in [1.807, 2.05) is 25.1 Å². The second kappa shape index (κ2) is 5.70. The van der Waals surface area contributed by atoms with Crippen LogP contribution in [0.3, 0.4) is 0 Å². The molecule has 98 valence electrons. The Morgan fingerprint density at radius 2 is 1.61 bits per heavy atom. The lowest BCUT2D eigenvalue weighted by atomic mass is 10.1. The standard InChI is InChI=1S/C15H20O2S/c1-13-9-11-15(12-10-13)18(16,17)14-7-5-3-2-4-6-8-14/h7,9-12H,2-6,8H2,1H3/b14-7+. The Hall–Kier alpha value is -1.09. The topological polar surface area (TPSA) is 34.1 Å². The van der Waals surface area contributed by atoms with Gasteiger partial charge in [-0.1, -0.05) is 36.6 Å². The zero-order chi connectivity index (χ0) is 13.0. The third-order valence-corrected chi connectivity index (χ3v) is 5.38. The fraction of sp³-hybridized carbons (Fsp3) is 0.467. The Morgan fingerprint density at radius 3 is 2.33 bits per heavy atom. The molecule has 0 heterocycles. The quantitative estimate of drug-likeness (QED) is 0.809. The lowest BCUT2D eigenvalue weighted by molar-refractivity contribution is 0.590. The van der Waals surface area contributed by atoms with Crippen molar-refractivity contribution in [3.8, 4) is 0 Å². The molecule has 3 heteroatoms. The number of aryl methyl sites for hydroxylation is 1. The molecule has 2 rings (SSSR count). The van der Waals surface area contributed by atoms with Gasteiger partial charge in [-0.3, -0.25) is 0 Å². The van der Waals surface area contributed by atoms with Gasteiger partial charge in [-0.25, -0.2) is 8.42 Å². The van der Waals surface area contributed by atoms with E-state index in [2.05, 4.69) is 0 Å². The van der Waals surface area contributed by atoms with Gasteiger partial charge < -0.3 is 0 Å². The first kappa shape index (κ1) is 13.3. The fourth-order valence-corrected chi connectivity index (χ4v) is 3.82. The van der Waals surface area contributed by atoms with Crippen LogP contribution in [0.15, 0.2) is 40.1 Å². The Bertz CT molecular complexity index is 524. The molecule has 0 aromatic heterocycles. The summed E-state index contributed by atoms with van der Waals surface area (Å²) in [5.74, 6) is 0.